The molecule has 0 spiro atoms. The van der Waals surface area contributed by atoms with Crippen molar-refractivity contribution in [2.75, 3.05) is 12.8 Å². The second-order valence-electron chi connectivity index (χ2n) is 8.21. The number of rotatable bonds is 12. The Labute approximate surface area is 174 Å². The quantitative estimate of drug-likeness (QED) is 0.478. The molecule has 0 aromatic carbocycles. The summed E-state index contributed by atoms with van der Waals surface area (Å²) in [6.07, 6.45) is 12.9. The van der Waals surface area contributed by atoms with E-state index in [0.29, 0.717) is 0 Å². The van der Waals surface area contributed by atoms with Gasteiger partial charge in [-0.25, -0.2) is 9.79 Å². The van der Waals surface area contributed by atoms with Crippen LogP contribution in [0.15, 0.2) is 4.99 Å². The maximum atomic E-state index is 12.4. The van der Waals surface area contributed by atoms with Crippen LogP contribution in [0, 0.1) is 0 Å². The number of fused-ring (bicyclic) bond motifs is 1. The molecule has 0 saturated carbocycles. The molecule has 1 fully saturated rings. The van der Waals surface area contributed by atoms with Crippen molar-refractivity contribution in [2.45, 2.75) is 103 Å². The number of carbonyl (C=O) groups is 2. The predicted molar refractivity (Wildman–Crippen MR) is 118 cm³/mol. The van der Waals surface area contributed by atoms with E-state index in [1.165, 1.54) is 69.1 Å². The molecule has 7 heteroatoms. The van der Waals surface area contributed by atoms with Crippen LogP contribution in [0.4, 0.5) is 4.79 Å². The third kappa shape index (κ3) is 6.13. The molecule has 0 aliphatic carbocycles. The van der Waals surface area contributed by atoms with Crippen molar-refractivity contribution < 1.29 is 9.59 Å². The van der Waals surface area contributed by atoms with E-state index in [9.17, 15) is 9.59 Å². The summed E-state index contributed by atoms with van der Waals surface area (Å²) in [6, 6.07) is -0.598. The molecule has 2 rings (SSSR count). The Morgan fingerprint density at radius 2 is 1.57 bits per heavy atom. The van der Waals surface area contributed by atoms with E-state index in [-0.39, 0.29) is 18.0 Å². The van der Waals surface area contributed by atoms with Crippen LogP contribution in [-0.4, -0.2) is 58.0 Å². The molecule has 1 saturated heterocycles. The fraction of sp³-hybridized carbons (Fsp3) is 0.857. The number of amidine groups is 1. The van der Waals surface area contributed by atoms with Gasteiger partial charge in [0, 0.05) is 18.8 Å². The Bertz CT molecular complexity index is 553. The van der Waals surface area contributed by atoms with Crippen LogP contribution in [0.25, 0.3) is 0 Å². The summed E-state index contributed by atoms with van der Waals surface area (Å²) in [7, 11) is 1.71. The SMILES string of the molecule is CCCCCCCCCCCCSC1=NC2C(C(=O)NC(=O)N2C)N1C(C)C. The molecular weight excluding hydrogens is 372 g/mol. The van der Waals surface area contributed by atoms with E-state index in [4.69, 9.17) is 4.99 Å². The molecule has 0 aromatic heterocycles. The van der Waals surface area contributed by atoms with Gasteiger partial charge in [-0.2, -0.15) is 0 Å². The number of nitrogens with zero attached hydrogens (tertiary/aromatic N) is 3. The number of unbranched alkanes of at least 4 members (excludes halogenated alkanes) is 9. The highest BCUT2D eigenvalue weighted by molar-refractivity contribution is 8.13. The summed E-state index contributed by atoms with van der Waals surface area (Å²) in [5, 5.41) is 3.34. The van der Waals surface area contributed by atoms with Crippen molar-refractivity contribution in [3.63, 3.8) is 0 Å². The minimum atomic E-state index is -0.405. The van der Waals surface area contributed by atoms with E-state index in [1.807, 2.05) is 0 Å². The van der Waals surface area contributed by atoms with E-state index in [0.717, 1.165) is 10.9 Å². The Kier molecular flexibility index (Phi) is 9.62. The lowest BCUT2D eigenvalue weighted by Gasteiger charge is -2.37. The molecule has 6 nitrogen and oxygen atoms in total. The normalized spacial score (nSPS) is 22.0. The van der Waals surface area contributed by atoms with Crippen molar-refractivity contribution in [2.24, 2.45) is 4.99 Å². The maximum Gasteiger partial charge on any atom is 0.325 e. The number of nitrogens with one attached hydrogen (secondary N) is 1. The molecule has 28 heavy (non-hydrogen) atoms. The van der Waals surface area contributed by atoms with Gasteiger partial charge < -0.3 is 9.80 Å². The Morgan fingerprint density at radius 1 is 1.00 bits per heavy atom. The number of urea groups is 1. The molecule has 2 aliphatic rings. The van der Waals surface area contributed by atoms with Crippen molar-refractivity contribution in [1.82, 2.24) is 15.1 Å². The first-order chi connectivity index (χ1) is 13.5. The van der Waals surface area contributed by atoms with Gasteiger partial charge in [-0.3, -0.25) is 10.1 Å². The first kappa shape index (κ1) is 23.0. The third-order valence-electron chi connectivity index (χ3n) is 5.55. The summed E-state index contributed by atoms with van der Waals surface area (Å²) in [5.41, 5.74) is 0. The molecule has 0 bridgehead atoms. The van der Waals surface area contributed by atoms with Gasteiger partial charge in [-0.05, 0) is 20.3 Å². The number of imide groups is 1. The fourth-order valence-electron chi connectivity index (χ4n) is 3.87. The fourth-order valence-corrected chi connectivity index (χ4v) is 5.05. The van der Waals surface area contributed by atoms with Gasteiger partial charge in [0.25, 0.3) is 5.91 Å². The standard InChI is InChI=1S/C21H38N4O2S/c1-5-6-7-8-9-10-11-12-13-14-15-28-21-22-18-17(25(21)16(2)3)19(26)23-20(27)24(18)4/h16-18H,5-15H2,1-4H3,(H,23,26,27). The zero-order valence-corrected chi connectivity index (χ0v) is 18.9. The minimum absolute atomic E-state index is 0.168. The van der Waals surface area contributed by atoms with Crippen LogP contribution in [0.1, 0.15) is 85.0 Å². The minimum Gasteiger partial charge on any atom is -0.333 e. The summed E-state index contributed by atoms with van der Waals surface area (Å²) < 4.78 is 0. The molecule has 2 aliphatic heterocycles. The zero-order valence-electron chi connectivity index (χ0n) is 18.1. The van der Waals surface area contributed by atoms with Crippen LogP contribution in [0.2, 0.25) is 0 Å². The summed E-state index contributed by atoms with van der Waals surface area (Å²) in [5.74, 6) is 0.775. The number of thioether (sulfide) groups is 1. The molecule has 0 aromatic rings. The monoisotopic (exact) mass is 410 g/mol. The number of carbonyl (C=O) groups excluding carboxylic acids is 2. The van der Waals surface area contributed by atoms with Crippen LogP contribution >= 0.6 is 11.8 Å². The number of hydrogen-bond acceptors (Lipinski definition) is 5. The number of likely N-dealkylation sites (N-methyl/N-ethyl adjacent to an activating group) is 1. The predicted octanol–water partition coefficient (Wildman–Crippen LogP) is 4.60. The number of hydrogen-bond donors (Lipinski definition) is 1. The van der Waals surface area contributed by atoms with Crippen molar-refractivity contribution >= 4 is 28.9 Å². The molecule has 2 atom stereocenters. The van der Waals surface area contributed by atoms with E-state index >= 15 is 0 Å². The van der Waals surface area contributed by atoms with Crippen LogP contribution in [0.5, 0.6) is 0 Å². The zero-order chi connectivity index (χ0) is 20.5. The number of aliphatic imine (C=N–C) groups is 1. The van der Waals surface area contributed by atoms with E-state index in [1.54, 1.807) is 18.8 Å². The average molecular weight is 411 g/mol. The second kappa shape index (κ2) is 11.7. The van der Waals surface area contributed by atoms with Crippen molar-refractivity contribution in [3.05, 3.63) is 0 Å². The van der Waals surface area contributed by atoms with Gasteiger partial charge in [0.1, 0.15) is 0 Å². The summed E-state index contributed by atoms with van der Waals surface area (Å²) in [4.78, 5) is 32.6. The molecule has 0 radical (unpaired) electrons. The van der Waals surface area contributed by atoms with Crippen molar-refractivity contribution in [3.8, 4) is 0 Å². The van der Waals surface area contributed by atoms with E-state index in [2.05, 4.69) is 31.0 Å². The topological polar surface area (TPSA) is 65.0 Å². The largest absolute Gasteiger partial charge is 0.333 e. The highest BCUT2D eigenvalue weighted by Crippen LogP contribution is 2.30. The number of amides is 3. The lowest BCUT2D eigenvalue weighted by Crippen LogP contribution is -2.64. The molecule has 160 valence electrons. The first-order valence-electron chi connectivity index (χ1n) is 11.0. The Hall–Kier alpha value is -1.24. The molecular formula is C21H38N4O2S. The van der Waals surface area contributed by atoms with Gasteiger partial charge in [-0.1, -0.05) is 76.5 Å². The van der Waals surface area contributed by atoms with Gasteiger partial charge >= 0.3 is 6.03 Å². The van der Waals surface area contributed by atoms with Gasteiger partial charge in [0.15, 0.2) is 17.4 Å². The second-order valence-corrected chi connectivity index (χ2v) is 9.27. The molecule has 3 amide bonds. The lowest BCUT2D eigenvalue weighted by molar-refractivity contribution is -0.127. The Morgan fingerprint density at radius 3 is 2.14 bits per heavy atom. The molecule has 1 N–H and O–H groups in total. The smallest absolute Gasteiger partial charge is 0.325 e. The van der Waals surface area contributed by atoms with Crippen LogP contribution in [-0.2, 0) is 4.79 Å². The summed E-state index contributed by atoms with van der Waals surface area (Å²) >= 11 is 1.73. The first-order valence-corrected chi connectivity index (χ1v) is 12.0. The van der Waals surface area contributed by atoms with E-state index < -0.39 is 12.2 Å². The Balaban J connectivity index is 1.70. The lowest BCUT2D eigenvalue weighted by atomic mass is 10.1. The summed E-state index contributed by atoms with van der Waals surface area (Å²) in [6.45, 7) is 6.40. The van der Waals surface area contributed by atoms with Crippen molar-refractivity contribution in [1.29, 1.82) is 0 Å². The van der Waals surface area contributed by atoms with Gasteiger partial charge in [-0.15, -0.1) is 0 Å². The van der Waals surface area contributed by atoms with Gasteiger partial charge in [0.2, 0.25) is 0 Å². The van der Waals surface area contributed by atoms with Crippen LogP contribution in [0.3, 0.4) is 0 Å². The van der Waals surface area contributed by atoms with Crippen LogP contribution < -0.4 is 5.32 Å². The molecule has 2 unspecified atom stereocenters. The molecule has 2 heterocycles. The third-order valence-corrected chi connectivity index (χ3v) is 6.61. The highest BCUT2D eigenvalue weighted by atomic mass is 32.2. The highest BCUT2D eigenvalue weighted by Gasteiger charge is 2.49. The maximum absolute atomic E-state index is 12.4. The average Bonchev–Trinajstić information content (AvgIpc) is 3.05. The van der Waals surface area contributed by atoms with Gasteiger partial charge in [0.05, 0.1) is 0 Å².